The minimum absolute atomic E-state index is 0.248. The van der Waals surface area contributed by atoms with Crippen LogP contribution in [0.2, 0.25) is 0 Å². The first-order chi connectivity index (χ1) is 7.52. The summed E-state index contributed by atoms with van der Waals surface area (Å²) in [5.74, 6) is -1.83. The van der Waals surface area contributed by atoms with E-state index >= 15 is 0 Å². The van der Waals surface area contributed by atoms with Crippen LogP contribution < -0.4 is 5.46 Å². The molecular formula is C9H9BBrFO4. The number of alkyl halides is 1. The normalized spacial score (nSPS) is 10.1. The molecule has 0 unspecified atom stereocenters. The number of carbonyl (C=O) groups excluding carboxylic acids is 1. The summed E-state index contributed by atoms with van der Waals surface area (Å²) < 4.78 is 18.1. The third-order valence-corrected chi connectivity index (χ3v) is 2.68. The Kier molecular flexibility index (Phi) is 4.46. The van der Waals surface area contributed by atoms with E-state index in [2.05, 4.69) is 20.7 Å². The largest absolute Gasteiger partial charge is 0.491 e. The van der Waals surface area contributed by atoms with Gasteiger partial charge in [0, 0.05) is 10.8 Å². The lowest BCUT2D eigenvalue weighted by Crippen LogP contribution is -2.37. The van der Waals surface area contributed by atoms with Crippen molar-refractivity contribution in [1.29, 1.82) is 0 Å². The molecule has 0 atom stereocenters. The topological polar surface area (TPSA) is 66.8 Å². The van der Waals surface area contributed by atoms with Gasteiger partial charge in [-0.3, -0.25) is 0 Å². The van der Waals surface area contributed by atoms with E-state index in [0.29, 0.717) is 5.56 Å². The average molecular weight is 291 g/mol. The van der Waals surface area contributed by atoms with Crippen molar-refractivity contribution in [3.8, 4) is 0 Å². The molecule has 0 saturated carbocycles. The van der Waals surface area contributed by atoms with Gasteiger partial charge >= 0.3 is 13.1 Å². The van der Waals surface area contributed by atoms with E-state index in [0.717, 1.165) is 7.11 Å². The molecule has 2 N–H and O–H groups in total. The molecular weight excluding hydrogens is 282 g/mol. The van der Waals surface area contributed by atoms with Crippen LogP contribution in [0, 0.1) is 5.82 Å². The predicted molar refractivity (Wildman–Crippen MR) is 60.2 cm³/mol. The SMILES string of the molecule is COC(=O)c1ccc(CBr)c(B(O)O)c1F. The van der Waals surface area contributed by atoms with E-state index in [-0.39, 0.29) is 16.4 Å². The minimum Gasteiger partial charge on any atom is -0.465 e. The summed E-state index contributed by atoms with van der Waals surface area (Å²) in [6, 6.07) is 2.67. The van der Waals surface area contributed by atoms with Gasteiger partial charge in [0.1, 0.15) is 5.82 Å². The maximum Gasteiger partial charge on any atom is 0.491 e. The maximum atomic E-state index is 13.8. The van der Waals surface area contributed by atoms with E-state index in [1.165, 1.54) is 12.1 Å². The zero-order valence-electron chi connectivity index (χ0n) is 8.41. The van der Waals surface area contributed by atoms with Gasteiger partial charge in [0.15, 0.2) is 0 Å². The molecule has 1 aromatic rings. The van der Waals surface area contributed by atoms with Gasteiger partial charge in [-0.15, -0.1) is 0 Å². The third-order valence-electron chi connectivity index (χ3n) is 2.08. The number of benzene rings is 1. The first-order valence-electron chi connectivity index (χ1n) is 4.34. The second kappa shape index (κ2) is 5.42. The van der Waals surface area contributed by atoms with Crippen LogP contribution in [0.3, 0.4) is 0 Å². The molecule has 0 aromatic heterocycles. The average Bonchev–Trinajstić information content (AvgIpc) is 2.26. The lowest BCUT2D eigenvalue weighted by molar-refractivity contribution is 0.0596. The number of hydrogen-bond acceptors (Lipinski definition) is 4. The molecule has 1 rings (SSSR count). The number of ether oxygens (including phenoxy) is 1. The Labute approximate surface area is 100 Å². The van der Waals surface area contributed by atoms with Crippen LogP contribution in [0.5, 0.6) is 0 Å². The summed E-state index contributed by atoms with van der Waals surface area (Å²) in [6.45, 7) is 0. The van der Waals surface area contributed by atoms with Crippen LogP contribution in [0.15, 0.2) is 12.1 Å². The number of halogens is 2. The highest BCUT2D eigenvalue weighted by Gasteiger charge is 2.25. The summed E-state index contributed by atoms with van der Waals surface area (Å²) in [5, 5.41) is 18.3. The Morgan fingerprint density at radius 2 is 2.19 bits per heavy atom. The smallest absolute Gasteiger partial charge is 0.465 e. The number of rotatable bonds is 3. The van der Waals surface area contributed by atoms with Crippen molar-refractivity contribution in [1.82, 2.24) is 0 Å². The van der Waals surface area contributed by atoms with Gasteiger partial charge < -0.3 is 14.8 Å². The Balaban J connectivity index is 3.37. The lowest BCUT2D eigenvalue weighted by Gasteiger charge is -2.10. The molecule has 0 aliphatic heterocycles. The van der Waals surface area contributed by atoms with E-state index in [1.807, 2.05) is 0 Å². The number of carbonyl (C=O) groups is 1. The quantitative estimate of drug-likeness (QED) is 0.474. The third kappa shape index (κ3) is 2.42. The molecule has 0 amide bonds. The molecule has 0 bridgehead atoms. The molecule has 0 aliphatic carbocycles. The molecule has 0 saturated heterocycles. The van der Waals surface area contributed by atoms with E-state index in [1.54, 1.807) is 0 Å². The number of hydrogen-bond donors (Lipinski definition) is 2. The highest BCUT2D eigenvalue weighted by atomic mass is 79.9. The van der Waals surface area contributed by atoms with Gasteiger partial charge in [0.2, 0.25) is 0 Å². The van der Waals surface area contributed by atoms with Crippen molar-refractivity contribution in [2.24, 2.45) is 0 Å². The minimum atomic E-state index is -1.97. The Morgan fingerprint density at radius 3 is 2.62 bits per heavy atom. The Hall–Kier alpha value is -0.915. The van der Waals surface area contributed by atoms with E-state index < -0.39 is 18.9 Å². The number of esters is 1. The van der Waals surface area contributed by atoms with Crippen molar-refractivity contribution >= 4 is 34.5 Å². The molecule has 4 nitrogen and oxygen atoms in total. The van der Waals surface area contributed by atoms with Crippen molar-refractivity contribution in [3.05, 3.63) is 29.1 Å². The Morgan fingerprint density at radius 1 is 1.56 bits per heavy atom. The summed E-state index contributed by atoms with van der Waals surface area (Å²) in [6.07, 6.45) is 0. The standard InChI is InChI=1S/C9H9BBrFO4/c1-16-9(13)6-3-2-5(4-11)7(8(6)12)10(14)15/h2-3,14-15H,4H2,1H3. The van der Waals surface area contributed by atoms with Gasteiger partial charge in [-0.05, 0) is 11.6 Å². The summed E-state index contributed by atoms with van der Waals surface area (Å²) in [7, 11) is -0.855. The van der Waals surface area contributed by atoms with Crippen LogP contribution >= 0.6 is 15.9 Å². The molecule has 0 radical (unpaired) electrons. The molecule has 16 heavy (non-hydrogen) atoms. The van der Waals surface area contributed by atoms with E-state index in [9.17, 15) is 9.18 Å². The zero-order chi connectivity index (χ0) is 12.3. The fourth-order valence-electron chi connectivity index (χ4n) is 1.30. The first-order valence-corrected chi connectivity index (χ1v) is 5.46. The van der Waals surface area contributed by atoms with Crippen LogP contribution in [0.1, 0.15) is 15.9 Å². The van der Waals surface area contributed by atoms with Crippen LogP contribution in [0.25, 0.3) is 0 Å². The van der Waals surface area contributed by atoms with Gasteiger partial charge in [-0.1, -0.05) is 22.0 Å². The zero-order valence-corrected chi connectivity index (χ0v) is 9.99. The van der Waals surface area contributed by atoms with Crippen molar-refractivity contribution in [3.63, 3.8) is 0 Å². The molecule has 0 fully saturated rings. The lowest BCUT2D eigenvalue weighted by atomic mass is 9.76. The van der Waals surface area contributed by atoms with Crippen molar-refractivity contribution in [2.75, 3.05) is 7.11 Å². The second-order valence-corrected chi connectivity index (χ2v) is 3.56. The molecule has 86 valence electrons. The Bertz CT molecular complexity index is 411. The maximum absolute atomic E-state index is 13.8. The van der Waals surface area contributed by atoms with Gasteiger partial charge in [0.25, 0.3) is 0 Å². The second-order valence-electron chi connectivity index (χ2n) is 3.00. The fraction of sp³-hybridized carbons (Fsp3) is 0.222. The summed E-state index contributed by atoms with van der Waals surface area (Å²) in [5.41, 5.74) is -0.282. The molecule has 0 heterocycles. The highest BCUT2D eigenvalue weighted by molar-refractivity contribution is 9.08. The fourth-order valence-corrected chi connectivity index (χ4v) is 1.79. The van der Waals surface area contributed by atoms with Gasteiger partial charge in [-0.25, -0.2) is 9.18 Å². The van der Waals surface area contributed by atoms with Crippen LogP contribution in [-0.4, -0.2) is 30.2 Å². The predicted octanol–water partition coefficient (Wildman–Crippen LogP) is 0.187. The monoisotopic (exact) mass is 290 g/mol. The molecule has 7 heteroatoms. The summed E-state index contributed by atoms with van der Waals surface area (Å²) >= 11 is 3.08. The van der Waals surface area contributed by atoms with Crippen LogP contribution in [-0.2, 0) is 10.1 Å². The van der Waals surface area contributed by atoms with Crippen molar-refractivity contribution < 1.29 is 24.0 Å². The summed E-state index contributed by atoms with van der Waals surface area (Å²) in [4.78, 5) is 11.2. The first kappa shape index (κ1) is 13.2. The molecule has 0 spiro atoms. The van der Waals surface area contributed by atoms with Gasteiger partial charge in [-0.2, -0.15) is 0 Å². The highest BCUT2D eigenvalue weighted by Crippen LogP contribution is 2.12. The van der Waals surface area contributed by atoms with Crippen LogP contribution in [0.4, 0.5) is 4.39 Å². The van der Waals surface area contributed by atoms with Gasteiger partial charge in [0.05, 0.1) is 12.7 Å². The molecule has 1 aromatic carbocycles. The van der Waals surface area contributed by atoms with Crippen molar-refractivity contribution in [2.45, 2.75) is 5.33 Å². The molecule has 0 aliphatic rings. The van der Waals surface area contributed by atoms with E-state index in [4.69, 9.17) is 10.0 Å². The number of methoxy groups -OCH3 is 1.